The summed E-state index contributed by atoms with van der Waals surface area (Å²) in [5.74, 6) is -0.425. The van der Waals surface area contributed by atoms with Crippen molar-refractivity contribution in [2.45, 2.75) is 25.7 Å². The highest BCUT2D eigenvalue weighted by Gasteiger charge is 2.24. The van der Waals surface area contributed by atoms with Crippen LogP contribution in [0.25, 0.3) is 0 Å². The molecule has 140 valence electrons. The number of aryl methyl sites for hydroxylation is 3. The van der Waals surface area contributed by atoms with E-state index in [1.165, 1.54) is 25.2 Å². The van der Waals surface area contributed by atoms with Crippen LogP contribution >= 0.6 is 23.2 Å². The Morgan fingerprint density at radius 2 is 1.62 bits per heavy atom. The van der Waals surface area contributed by atoms with E-state index in [2.05, 4.69) is 5.32 Å². The summed E-state index contributed by atoms with van der Waals surface area (Å²) in [6.07, 6.45) is 0. The fourth-order valence-electron chi connectivity index (χ4n) is 2.66. The maximum atomic E-state index is 12.6. The number of hydrogen-bond donors (Lipinski definition) is 1. The second kappa shape index (κ2) is 7.96. The van der Waals surface area contributed by atoms with Crippen molar-refractivity contribution in [3.05, 3.63) is 57.1 Å². The summed E-state index contributed by atoms with van der Waals surface area (Å²) < 4.78 is 26.2. The highest BCUT2D eigenvalue weighted by atomic mass is 35.5. The summed E-state index contributed by atoms with van der Waals surface area (Å²) in [4.78, 5) is 12.3. The number of amides is 1. The molecule has 2 rings (SSSR count). The molecule has 0 heterocycles. The van der Waals surface area contributed by atoms with Crippen molar-refractivity contribution in [2.75, 3.05) is 18.9 Å². The van der Waals surface area contributed by atoms with Crippen molar-refractivity contribution in [3.8, 4) is 0 Å². The van der Waals surface area contributed by atoms with Crippen molar-refractivity contribution in [1.82, 2.24) is 4.31 Å². The Balaban J connectivity index is 2.17. The van der Waals surface area contributed by atoms with Crippen LogP contribution in [0.4, 0.5) is 5.69 Å². The van der Waals surface area contributed by atoms with Crippen LogP contribution < -0.4 is 5.32 Å². The van der Waals surface area contributed by atoms with E-state index in [9.17, 15) is 13.2 Å². The van der Waals surface area contributed by atoms with Gasteiger partial charge in [-0.3, -0.25) is 4.79 Å². The van der Waals surface area contributed by atoms with E-state index < -0.39 is 15.9 Å². The van der Waals surface area contributed by atoms with Crippen molar-refractivity contribution in [3.63, 3.8) is 0 Å². The zero-order valence-corrected chi connectivity index (χ0v) is 17.3. The summed E-state index contributed by atoms with van der Waals surface area (Å²) in [5.41, 5.74) is 3.63. The lowest BCUT2D eigenvalue weighted by molar-refractivity contribution is -0.116. The standard InChI is InChI=1S/C18H20Cl2N2O3S/c1-11-7-12(2)18(13(3)8-11)21-17(23)10-22(4)26(24,25)14-5-6-15(19)16(20)9-14/h5-9H,10H2,1-4H3,(H,21,23). The topological polar surface area (TPSA) is 66.5 Å². The molecule has 0 aliphatic carbocycles. The van der Waals surface area contributed by atoms with Gasteiger partial charge in [0.05, 0.1) is 21.5 Å². The third kappa shape index (κ3) is 4.57. The number of nitrogens with one attached hydrogen (secondary N) is 1. The molecule has 0 unspecified atom stereocenters. The molecule has 0 bridgehead atoms. The van der Waals surface area contributed by atoms with Crippen LogP contribution in [-0.2, 0) is 14.8 Å². The van der Waals surface area contributed by atoms with Crippen LogP contribution in [0.3, 0.4) is 0 Å². The summed E-state index contributed by atoms with van der Waals surface area (Å²) in [6, 6.07) is 7.94. The molecule has 26 heavy (non-hydrogen) atoms. The lowest BCUT2D eigenvalue weighted by atomic mass is 10.1. The van der Waals surface area contributed by atoms with Crippen LogP contribution in [0.15, 0.2) is 35.2 Å². The summed E-state index contributed by atoms with van der Waals surface area (Å²) >= 11 is 11.7. The summed E-state index contributed by atoms with van der Waals surface area (Å²) in [7, 11) is -2.52. The Morgan fingerprint density at radius 1 is 1.04 bits per heavy atom. The van der Waals surface area contributed by atoms with Gasteiger partial charge in [0.1, 0.15) is 0 Å². The van der Waals surface area contributed by atoms with E-state index in [1.807, 2.05) is 32.9 Å². The minimum Gasteiger partial charge on any atom is -0.324 e. The molecule has 1 N–H and O–H groups in total. The molecular formula is C18H20Cl2N2O3S. The zero-order chi connectivity index (χ0) is 19.6. The number of carbonyl (C=O) groups is 1. The van der Waals surface area contributed by atoms with Crippen LogP contribution in [-0.4, -0.2) is 32.2 Å². The Bertz CT molecular complexity index is 936. The number of hydrogen-bond acceptors (Lipinski definition) is 3. The maximum Gasteiger partial charge on any atom is 0.243 e. The highest BCUT2D eigenvalue weighted by molar-refractivity contribution is 7.89. The largest absolute Gasteiger partial charge is 0.324 e. The van der Waals surface area contributed by atoms with Gasteiger partial charge in [0, 0.05) is 12.7 Å². The second-order valence-electron chi connectivity index (χ2n) is 6.16. The average molecular weight is 415 g/mol. The molecule has 0 fully saturated rings. The number of anilines is 1. The number of likely N-dealkylation sites (N-methyl/N-ethyl adjacent to an activating group) is 1. The molecule has 0 radical (unpaired) electrons. The first-order chi connectivity index (χ1) is 12.0. The molecule has 0 spiro atoms. The van der Waals surface area contributed by atoms with E-state index in [-0.39, 0.29) is 21.5 Å². The normalized spacial score (nSPS) is 11.7. The predicted octanol–water partition coefficient (Wildman–Crippen LogP) is 4.18. The van der Waals surface area contributed by atoms with E-state index in [4.69, 9.17) is 23.2 Å². The monoisotopic (exact) mass is 414 g/mol. The first kappa shape index (κ1) is 20.7. The van der Waals surface area contributed by atoms with Crippen molar-refractivity contribution >= 4 is 44.8 Å². The quantitative estimate of drug-likeness (QED) is 0.797. The molecule has 0 saturated carbocycles. The lowest BCUT2D eigenvalue weighted by Crippen LogP contribution is -2.35. The van der Waals surface area contributed by atoms with E-state index in [0.29, 0.717) is 5.69 Å². The van der Waals surface area contributed by atoms with Crippen LogP contribution in [0, 0.1) is 20.8 Å². The first-order valence-electron chi connectivity index (χ1n) is 7.81. The van der Waals surface area contributed by atoms with E-state index in [0.717, 1.165) is 21.0 Å². The van der Waals surface area contributed by atoms with Gasteiger partial charge in [0.15, 0.2) is 0 Å². The average Bonchev–Trinajstić information content (AvgIpc) is 2.53. The predicted molar refractivity (Wildman–Crippen MR) is 106 cm³/mol. The SMILES string of the molecule is Cc1cc(C)c(NC(=O)CN(C)S(=O)(=O)c2ccc(Cl)c(Cl)c2)c(C)c1. The summed E-state index contributed by atoms with van der Waals surface area (Å²) in [5, 5.41) is 3.18. The molecule has 1 amide bonds. The summed E-state index contributed by atoms with van der Waals surface area (Å²) in [6.45, 7) is 5.44. The van der Waals surface area contributed by atoms with Gasteiger partial charge in [-0.05, 0) is 50.1 Å². The van der Waals surface area contributed by atoms with Crippen molar-refractivity contribution in [1.29, 1.82) is 0 Å². The lowest BCUT2D eigenvalue weighted by Gasteiger charge is -2.18. The number of sulfonamides is 1. The number of rotatable bonds is 5. The molecule has 0 aliphatic rings. The van der Waals surface area contributed by atoms with Gasteiger partial charge < -0.3 is 5.32 Å². The fourth-order valence-corrected chi connectivity index (χ4v) is 4.18. The molecule has 2 aromatic carbocycles. The fraction of sp³-hybridized carbons (Fsp3) is 0.278. The number of carbonyl (C=O) groups excluding carboxylic acids is 1. The number of nitrogens with zero attached hydrogens (tertiary/aromatic N) is 1. The third-order valence-electron chi connectivity index (χ3n) is 3.91. The number of benzene rings is 2. The van der Waals surface area contributed by atoms with Gasteiger partial charge in [-0.25, -0.2) is 8.42 Å². The first-order valence-corrected chi connectivity index (χ1v) is 10.0. The van der Waals surface area contributed by atoms with Crippen molar-refractivity contribution < 1.29 is 13.2 Å². The molecule has 0 atom stereocenters. The second-order valence-corrected chi connectivity index (χ2v) is 9.02. The molecule has 2 aromatic rings. The molecule has 0 aliphatic heterocycles. The zero-order valence-electron chi connectivity index (χ0n) is 14.9. The Kier molecular flexibility index (Phi) is 6.34. The third-order valence-corrected chi connectivity index (χ3v) is 6.45. The molecule has 5 nitrogen and oxygen atoms in total. The molecule has 0 saturated heterocycles. The van der Waals surface area contributed by atoms with Crippen molar-refractivity contribution in [2.24, 2.45) is 0 Å². The van der Waals surface area contributed by atoms with Gasteiger partial charge >= 0.3 is 0 Å². The number of halogens is 2. The molecular weight excluding hydrogens is 395 g/mol. The van der Waals surface area contributed by atoms with Gasteiger partial charge in [-0.2, -0.15) is 4.31 Å². The van der Waals surface area contributed by atoms with Gasteiger partial charge in [-0.1, -0.05) is 40.9 Å². The Morgan fingerprint density at radius 3 is 2.15 bits per heavy atom. The minimum atomic E-state index is -3.86. The maximum absolute atomic E-state index is 12.6. The van der Waals surface area contributed by atoms with Gasteiger partial charge in [-0.15, -0.1) is 0 Å². The Labute approximate surface area is 164 Å². The van der Waals surface area contributed by atoms with Gasteiger partial charge in [0.25, 0.3) is 0 Å². The van der Waals surface area contributed by atoms with E-state index in [1.54, 1.807) is 0 Å². The van der Waals surface area contributed by atoms with Crippen LogP contribution in [0.1, 0.15) is 16.7 Å². The molecule has 0 aromatic heterocycles. The molecule has 8 heteroatoms. The van der Waals surface area contributed by atoms with Crippen LogP contribution in [0.5, 0.6) is 0 Å². The smallest absolute Gasteiger partial charge is 0.243 e. The minimum absolute atomic E-state index is 0.0232. The Hall–Kier alpha value is -1.60. The van der Waals surface area contributed by atoms with Crippen LogP contribution in [0.2, 0.25) is 10.0 Å². The highest BCUT2D eigenvalue weighted by Crippen LogP contribution is 2.26. The van der Waals surface area contributed by atoms with E-state index >= 15 is 0 Å². The van der Waals surface area contributed by atoms with Gasteiger partial charge in [0.2, 0.25) is 15.9 Å².